The first kappa shape index (κ1) is 29.0. The second-order valence-corrected chi connectivity index (χ2v) is 9.67. The Hall–Kier alpha value is -3.51. The van der Waals surface area contributed by atoms with Crippen LogP contribution in [0.2, 0.25) is 0 Å². The van der Waals surface area contributed by atoms with Gasteiger partial charge in [-0.05, 0) is 18.2 Å². The zero-order chi connectivity index (χ0) is 29.6. The summed E-state index contributed by atoms with van der Waals surface area (Å²) < 4.78 is 27.5. The molecule has 0 radical (unpaired) electrons. The van der Waals surface area contributed by atoms with Gasteiger partial charge in [-0.15, -0.1) is 0 Å². The molecule has 9 N–H and O–H groups in total. The molecular weight excluding hydrogens is 552 g/mol. The van der Waals surface area contributed by atoms with E-state index in [1.54, 1.807) is 0 Å². The molecule has 41 heavy (non-hydrogen) atoms. The number of aliphatic hydroxyl groups excluding tert-OH is 6. The number of aromatic hydroxyl groups is 3. The van der Waals surface area contributed by atoms with Crippen LogP contribution >= 0.6 is 0 Å². The summed E-state index contributed by atoms with van der Waals surface area (Å²) in [6.07, 6.45) is -13.6. The summed E-state index contributed by atoms with van der Waals surface area (Å²) in [6.45, 7) is -1.09. The number of benzene rings is 2. The standard InChI is InChI=1S/C26H28O15/c27-7-17-20(32)23(35)25(40-17)37-8-18-21(33)22(34)24(36)26(41-18)38-10-4-13(30)19-14(31)6-15(39-16(19)5-10)9-1-2-11(28)12(29)3-9/h1-6,17-18,20-30,32-36H,7-8H2/t17-,18+,20+,21-,22+,23+,24-,25-,26-/m1/s1. The average Bonchev–Trinajstić information content (AvgIpc) is 3.21. The van der Waals surface area contributed by atoms with Crippen LogP contribution in [0.5, 0.6) is 23.0 Å². The van der Waals surface area contributed by atoms with Crippen molar-refractivity contribution < 1.29 is 69.3 Å². The van der Waals surface area contributed by atoms with Crippen LogP contribution in [0.3, 0.4) is 0 Å². The van der Waals surface area contributed by atoms with Gasteiger partial charge in [0.05, 0.1) is 13.2 Å². The van der Waals surface area contributed by atoms with Gasteiger partial charge in [-0.25, -0.2) is 0 Å². The van der Waals surface area contributed by atoms with Crippen molar-refractivity contribution in [1.29, 1.82) is 0 Å². The topological polar surface area (TPSA) is 249 Å². The Labute approximate surface area is 230 Å². The molecule has 0 spiro atoms. The van der Waals surface area contributed by atoms with Crippen molar-refractivity contribution >= 4 is 11.0 Å². The molecule has 5 rings (SSSR count). The van der Waals surface area contributed by atoms with E-state index in [1.807, 2.05) is 0 Å². The molecule has 0 saturated carbocycles. The summed E-state index contributed by atoms with van der Waals surface area (Å²) in [5, 5.41) is 90.0. The van der Waals surface area contributed by atoms with Gasteiger partial charge in [0.25, 0.3) is 0 Å². The predicted molar refractivity (Wildman–Crippen MR) is 134 cm³/mol. The minimum atomic E-state index is -1.79. The molecule has 3 aromatic rings. The lowest BCUT2D eigenvalue weighted by atomic mass is 9.99. The summed E-state index contributed by atoms with van der Waals surface area (Å²) in [5.41, 5.74) is -0.539. The summed E-state index contributed by atoms with van der Waals surface area (Å²) >= 11 is 0. The quantitative estimate of drug-likeness (QED) is 0.140. The molecule has 2 aliphatic rings. The van der Waals surface area contributed by atoms with Crippen molar-refractivity contribution in [3.05, 3.63) is 46.6 Å². The van der Waals surface area contributed by atoms with Gasteiger partial charge in [-0.2, -0.15) is 0 Å². The van der Waals surface area contributed by atoms with Crippen molar-refractivity contribution in [1.82, 2.24) is 0 Å². The Bertz CT molecular complexity index is 1460. The van der Waals surface area contributed by atoms with Crippen molar-refractivity contribution in [2.24, 2.45) is 0 Å². The fourth-order valence-corrected chi connectivity index (χ4v) is 4.61. The van der Waals surface area contributed by atoms with Crippen molar-refractivity contribution in [3.63, 3.8) is 0 Å². The molecule has 0 amide bonds. The number of rotatable bonds is 7. The fraction of sp³-hybridized carbons (Fsp3) is 0.423. The zero-order valence-corrected chi connectivity index (χ0v) is 21.0. The smallest absolute Gasteiger partial charge is 0.229 e. The number of ether oxygens (including phenoxy) is 4. The number of phenols is 3. The van der Waals surface area contributed by atoms with E-state index in [4.69, 9.17) is 23.4 Å². The molecule has 222 valence electrons. The molecule has 1 aromatic heterocycles. The van der Waals surface area contributed by atoms with Crippen LogP contribution in [0.4, 0.5) is 0 Å². The predicted octanol–water partition coefficient (Wildman–Crippen LogP) is -1.78. The van der Waals surface area contributed by atoms with Gasteiger partial charge >= 0.3 is 0 Å². The lowest BCUT2D eigenvalue weighted by Crippen LogP contribution is -2.60. The first-order chi connectivity index (χ1) is 19.5. The number of phenolic OH excluding ortho intramolecular Hbond substituents is 3. The van der Waals surface area contributed by atoms with E-state index in [2.05, 4.69) is 0 Å². The third-order valence-corrected chi connectivity index (χ3v) is 6.89. The van der Waals surface area contributed by atoms with Crippen LogP contribution in [0.1, 0.15) is 0 Å². The van der Waals surface area contributed by atoms with E-state index in [0.717, 1.165) is 12.1 Å². The van der Waals surface area contributed by atoms with Crippen molar-refractivity contribution in [3.8, 4) is 34.3 Å². The molecular formula is C26H28O15. The highest BCUT2D eigenvalue weighted by molar-refractivity contribution is 5.86. The maximum atomic E-state index is 12.7. The molecule has 15 heteroatoms. The molecule has 15 nitrogen and oxygen atoms in total. The molecule has 2 fully saturated rings. The van der Waals surface area contributed by atoms with Gasteiger partial charge in [0, 0.05) is 23.8 Å². The van der Waals surface area contributed by atoms with Gasteiger partial charge in [-0.3, -0.25) is 4.79 Å². The average molecular weight is 580 g/mol. The summed E-state index contributed by atoms with van der Waals surface area (Å²) in [7, 11) is 0. The number of aliphatic hydroxyl groups is 6. The third-order valence-electron chi connectivity index (χ3n) is 6.89. The van der Waals surface area contributed by atoms with Crippen LogP contribution in [0.25, 0.3) is 22.3 Å². The second kappa shape index (κ2) is 11.4. The molecule has 9 atom stereocenters. The largest absolute Gasteiger partial charge is 0.507 e. The summed E-state index contributed by atoms with van der Waals surface area (Å²) in [5.74, 6) is -1.55. The highest BCUT2D eigenvalue weighted by atomic mass is 16.7. The first-order valence-corrected chi connectivity index (χ1v) is 12.4. The van der Waals surface area contributed by atoms with E-state index in [-0.39, 0.29) is 33.8 Å². The zero-order valence-electron chi connectivity index (χ0n) is 21.0. The molecule has 0 aliphatic carbocycles. The van der Waals surface area contributed by atoms with Crippen LogP contribution in [-0.2, 0) is 14.2 Å². The number of hydrogen-bond acceptors (Lipinski definition) is 15. The third kappa shape index (κ3) is 5.54. The van der Waals surface area contributed by atoms with E-state index < -0.39 is 85.4 Å². The highest BCUT2D eigenvalue weighted by Crippen LogP contribution is 2.35. The minimum Gasteiger partial charge on any atom is -0.507 e. The van der Waals surface area contributed by atoms with Gasteiger partial charge in [-0.1, -0.05) is 0 Å². The number of hydrogen-bond donors (Lipinski definition) is 9. The van der Waals surface area contributed by atoms with E-state index in [0.29, 0.717) is 0 Å². The molecule has 3 heterocycles. The van der Waals surface area contributed by atoms with Crippen molar-refractivity contribution in [2.45, 2.75) is 55.3 Å². The maximum Gasteiger partial charge on any atom is 0.229 e. The van der Waals surface area contributed by atoms with Crippen LogP contribution in [0, 0.1) is 0 Å². The Morgan fingerprint density at radius 2 is 1.41 bits per heavy atom. The fourth-order valence-electron chi connectivity index (χ4n) is 4.61. The second-order valence-electron chi connectivity index (χ2n) is 9.67. The number of fused-ring (bicyclic) bond motifs is 1. The van der Waals surface area contributed by atoms with E-state index in [9.17, 15) is 50.8 Å². The Morgan fingerprint density at radius 1 is 0.732 bits per heavy atom. The molecule has 0 unspecified atom stereocenters. The lowest BCUT2D eigenvalue weighted by molar-refractivity contribution is -0.290. The SMILES string of the molecule is O=c1cc(-c2ccc(O)c(O)c2)oc2cc(O[C@@H]3O[C@@H](CO[C@@H]4O[C@H](CO)[C@H](O)[C@@H]4O)[C@@H](O)[C@H](O)[C@H]3O)cc(O)c12. The lowest BCUT2D eigenvalue weighted by Gasteiger charge is -2.40. The van der Waals surface area contributed by atoms with Crippen LogP contribution in [0.15, 0.2) is 45.6 Å². The molecule has 0 bridgehead atoms. The molecule has 2 aliphatic heterocycles. The Balaban J connectivity index is 1.36. The normalized spacial score (nSPS) is 31.9. The van der Waals surface area contributed by atoms with Gasteiger partial charge in [0.2, 0.25) is 6.29 Å². The van der Waals surface area contributed by atoms with Crippen LogP contribution in [-0.4, -0.2) is 114 Å². The Kier molecular flexibility index (Phi) is 8.06. The van der Waals surface area contributed by atoms with Gasteiger partial charge in [0.1, 0.15) is 71.0 Å². The highest BCUT2D eigenvalue weighted by Gasteiger charge is 2.47. The Morgan fingerprint density at radius 3 is 2.10 bits per heavy atom. The van der Waals surface area contributed by atoms with E-state index in [1.165, 1.54) is 24.3 Å². The first-order valence-electron chi connectivity index (χ1n) is 12.4. The van der Waals surface area contributed by atoms with Gasteiger partial charge < -0.3 is 69.3 Å². The van der Waals surface area contributed by atoms with E-state index >= 15 is 0 Å². The minimum absolute atomic E-state index is 0.0102. The van der Waals surface area contributed by atoms with Crippen molar-refractivity contribution in [2.75, 3.05) is 13.2 Å². The van der Waals surface area contributed by atoms with Crippen LogP contribution < -0.4 is 10.2 Å². The maximum absolute atomic E-state index is 12.7. The molecule has 2 aromatic carbocycles. The monoisotopic (exact) mass is 580 g/mol. The van der Waals surface area contributed by atoms with Gasteiger partial charge in [0.15, 0.2) is 23.2 Å². The summed E-state index contributed by atoms with van der Waals surface area (Å²) in [6, 6.07) is 7.08. The molecule has 2 saturated heterocycles. The summed E-state index contributed by atoms with van der Waals surface area (Å²) in [4.78, 5) is 12.7.